The fraction of sp³-hybridized carbons (Fsp3) is 1.00. The normalized spacial score (nSPS) is 16.9. The fourth-order valence-electron chi connectivity index (χ4n) is 1.64. The highest BCUT2D eigenvalue weighted by atomic mass is 35.5. The molecule has 0 aliphatic rings. The summed E-state index contributed by atoms with van der Waals surface area (Å²) in [5.41, 5.74) is 0.482. The topological polar surface area (TPSA) is 0 Å². The van der Waals surface area contributed by atoms with Gasteiger partial charge in [0.15, 0.2) is 0 Å². The summed E-state index contributed by atoms with van der Waals surface area (Å²) in [5, 5.41) is 0. The summed E-state index contributed by atoms with van der Waals surface area (Å²) in [5.74, 6) is 1.60. The summed E-state index contributed by atoms with van der Waals surface area (Å²) in [4.78, 5) is 0. The maximum absolute atomic E-state index is 5.75. The lowest BCUT2D eigenvalue weighted by Gasteiger charge is -2.29. The molecule has 0 fully saturated rings. The van der Waals surface area contributed by atoms with Crippen LogP contribution < -0.4 is 0 Å². The molecule has 0 aliphatic heterocycles. The summed E-state index contributed by atoms with van der Waals surface area (Å²) in [6.07, 6.45) is 3.71. The van der Waals surface area contributed by atoms with Crippen LogP contribution in [0.25, 0.3) is 0 Å². The summed E-state index contributed by atoms with van der Waals surface area (Å²) < 4.78 is 0. The average Bonchev–Trinajstić information content (AvgIpc) is 1.87. The van der Waals surface area contributed by atoms with Gasteiger partial charge in [-0.2, -0.15) is 0 Å². The van der Waals surface area contributed by atoms with E-state index in [0.29, 0.717) is 5.41 Å². The van der Waals surface area contributed by atoms with Crippen molar-refractivity contribution in [1.82, 2.24) is 0 Å². The molecule has 0 aromatic heterocycles. The van der Waals surface area contributed by atoms with E-state index in [0.717, 1.165) is 18.2 Å². The van der Waals surface area contributed by atoms with E-state index in [1.807, 2.05) is 0 Å². The first-order chi connectivity index (χ1) is 5.04. The summed E-state index contributed by atoms with van der Waals surface area (Å²) in [7, 11) is 0. The first-order valence-electron chi connectivity index (χ1n) is 4.60. The van der Waals surface area contributed by atoms with Gasteiger partial charge >= 0.3 is 0 Å². The second-order valence-electron chi connectivity index (χ2n) is 4.20. The average molecular weight is 177 g/mol. The van der Waals surface area contributed by atoms with Gasteiger partial charge in [0.25, 0.3) is 0 Å². The molecule has 0 amide bonds. The molecule has 1 heteroatoms. The van der Waals surface area contributed by atoms with Gasteiger partial charge < -0.3 is 0 Å². The van der Waals surface area contributed by atoms with E-state index in [-0.39, 0.29) is 0 Å². The zero-order valence-electron chi connectivity index (χ0n) is 8.28. The van der Waals surface area contributed by atoms with Crippen molar-refractivity contribution in [2.75, 3.05) is 5.88 Å². The van der Waals surface area contributed by atoms with Gasteiger partial charge in [0.1, 0.15) is 0 Å². The molecule has 0 aromatic rings. The predicted octanol–water partition coefficient (Wildman–Crippen LogP) is 4.08. The second-order valence-corrected chi connectivity index (χ2v) is 4.58. The van der Waals surface area contributed by atoms with Crippen molar-refractivity contribution in [3.63, 3.8) is 0 Å². The van der Waals surface area contributed by atoms with E-state index in [4.69, 9.17) is 11.6 Å². The van der Waals surface area contributed by atoms with Gasteiger partial charge in [-0.25, -0.2) is 0 Å². The van der Waals surface area contributed by atoms with E-state index < -0.39 is 0 Å². The van der Waals surface area contributed by atoms with Crippen LogP contribution in [0.15, 0.2) is 0 Å². The second kappa shape index (κ2) is 5.03. The van der Waals surface area contributed by atoms with Crippen molar-refractivity contribution < 1.29 is 0 Å². The lowest BCUT2D eigenvalue weighted by molar-refractivity contribution is 0.238. The van der Waals surface area contributed by atoms with Gasteiger partial charge in [0.05, 0.1) is 0 Å². The van der Waals surface area contributed by atoms with Crippen LogP contribution in [0.2, 0.25) is 0 Å². The van der Waals surface area contributed by atoms with Gasteiger partial charge in [0, 0.05) is 5.88 Å². The Hall–Kier alpha value is 0.290. The molecule has 1 atom stereocenters. The molecule has 0 aliphatic carbocycles. The van der Waals surface area contributed by atoms with Gasteiger partial charge in [-0.1, -0.05) is 34.1 Å². The highest BCUT2D eigenvalue weighted by Crippen LogP contribution is 2.33. The third-order valence-corrected chi connectivity index (χ3v) is 2.64. The summed E-state index contributed by atoms with van der Waals surface area (Å²) in [6.45, 7) is 9.16. The molecule has 11 heavy (non-hydrogen) atoms. The third-order valence-electron chi connectivity index (χ3n) is 2.45. The van der Waals surface area contributed by atoms with Crippen LogP contribution in [0.5, 0.6) is 0 Å². The van der Waals surface area contributed by atoms with Gasteiger partial charge in [-0.15, -0.1) is 11.6 Å². The van der Waals surface area contributed by atoms with E-state index >= 15 is 0 Å². The molecule has 0 heterocycles. The molecule has 0 rings (SSSR count). The molecule has 0 spiro atoms. The molecule has 0 radical (unpaired) electrons. The molecular formula is C10H21Cl. The van der Waals surface area contributed by atoms with Gasteiger partial charge in [-0.05, 0) is 24.2 Å². The minimum absolute atomic E-state index is 0.482. The molecule has 0 nitrogen and oxygen atoms in total. The Morgan fingerprint density at radius 3 is 2.18 bits per heavy atom. The maximum atomic E-state index is 5.75. The maximum Gasteiger partial charge on any atom is 0.0228 e. The molecule has 0 N–H and O–H groups in total. The van der Waals surface area contributed by atoms with Crippen LogP contribution in [0.3, 0.4) is 0 Å². The first-order valence-corrected chi connectivity index (χ1v) is 5.13. The molecule has 0 bridgehead atoms. The first kappa shape index (κ1) is 11.3. The SMILES string of the molecule is CCC(C)(CCCl)CC(C)C. The Balaban J connectivity index is 3.87. The number of alkyl halides is 1. The van der Waals surface area contributed by atoms with E-state index in [1.165, 1.54) is 12.8 Å². The number of rotatable bonds is 5. The van der Waals surface area contributed by atoms with E-state index in [1.54, 1.807) is 0 Å². The monoisotopic (exact) mass is 176 g/mol. The van der Waals surface area contributed by atoms with Crippen molar-refractivity contribution in [2.45, 2.75) is 47.0 Å². The highest BCUT2D eigenvalue weighted by Gasteiger charge is 2.21. The molecule has 0 saturated heterocycles. The Morgan fingerprint density at radius 2 is 1.91 bits per heavy atom. The largest absolute Gasteiger partial charge is 0.127 e. The van der Waals surface area contributed by atoms with Crippen LogP contribution in [0, 0.1) is 11.3 Å². The molecular weight excluding hydrogens is 156 g/mol. The van der Waals surface area contributed by atoms with Gasteiger partial charge in [0.2, 0.25) is 0 Å². The van der Waals surface area contributed by atoms with Crippen LogP contribution in [0.4, 0.5) is 0 Å². The molecule has 68 valence electrons. The Labute approximate surface area is 76.3 Å². The Kier molecular flexibility index (Phi) is 5.16. The summed E-state index contributed by atoms with van der Waals surface area (Å²) >= 11 is 5.75. The van der Waals surface area contributed by atoms with Crippen LogP contribution in [-0.2, 0) is 0 Å². The minimum Gasteiger partial charge on any atom is -0.127 e. The van der Waals surface area contributed by atoms with Gasteiger partial charge in [-0.3, -0.25) is 0 Å². The van der Waals surface area contributed by atoms with Crippen molar-refractivity contribution in [3.8, 4) is 0 Å². The predicted molar refractivity (Wildman–Crippen MR) is 53.2 cm³/mol. The molecule has 0 saturated carbocycles. The Morgan fingerprint density at radius 1 is 1.36 bits per heavy atom. The van der Waals surface area contributed by atoms with E-state index in [9.17, 15) is 0 Å². The number of hydrogen-bond acceptors (Lipinski definition) is 0. The summed E-state index contributed by atoms with van der Waals surface area (Å²) in [6, 6.07) is 0. The van der Waals surface area contributed by atoms with E-state index in [2.05, 4.69) is 27.7 Å². The lowest BCUT2D eigenvalue weighted by Crippen LogP contribution is -2.18. The minimum atomic E-state index is 0.482. The number of halogens is 1. The Bertz CT molecular complexity index is 99.0. The van der Waals surface area contributed by atoms with Crippen LogP contribution in [-0.4, -0.2) is 5.88 Å². The smallest absolute Gasteiger partial charge is 0.0228 e. The van der Waals surface area contributed by atoms with Crippen LogP contribution in [0.1, 0.15) is 47.0 Å². The third kappa shape index (κ3) is 4.68. The standard InChI is InChI=1S/C10H21Cl/c1-5-10(4,6-7-11)8-9(2)3/h9H,5-8H2,1-4H3. The van der Waals surface area contributed by atoms with Crippen LogP contribution >= 0.6 is 11.6 Å². The van der Waals surface area contributed by atoms with Crippen molar-refractivity contribution in [3.05, 3.63) is 0 Å². The number of hydrogen-bond donors (Lipinski definition) is 0. The zero-order valence-corrected chi connectivity index (χ0v) is 9.04. The van der Waals surface area contributed by atoms with Crippen molar-refractivity contribution in [1.29, 1.82) is 0 Å². The van der Waals surface area contributed by atoms with Crippen molar-refractivity contribution in [2.24, 2.45) is 11.3 Å². The molecule has 1 unspecified atom stereocenters. The fourth-order valence-corrected chi connectivity index (χ4v) is 2.09. The quantitative estimate of drug-likeness (QED) is 0.554. The molecule has 0 aromatic carbocycles. The lowest BCUT2D eigenvalue weighted by atomic mass is 9.78. The zero-order chi connectivity index (χ0) is 8.91. The highest BCUT2D eigenvalue weighted by molar-refractivity contribution is 6.17. The van der Waals surface area contributed by atoms with Crippen molar-refractivity contribution >= 4 is 11.6 Å².